The fourth-order valence-electron chi connectivity index (χ4n) is 1.61. The van der Waals surface area contributed by atoms with E-state index < -0.39 is 0 Å². The predicted molar refractivity (Wildman–Crippen MR) is 66.9 cm³/mol. The van der Waals surface area contributed by atoms with Crippen molar-refractivity contribution in [2.24, 2.45) is 5.92 Å². The van der Waals surface area contributed by atoms with Gasteiger partial charge in [-0.1, -0.05) is 29.3 Å². The molecule has 84 valence electrons. The number of rotatable bonds is 4. The van der Waals surface area contributed by atoms with Gasteiger partial charge < -0.3 is 0 Å². The zero-order chi connectivity index (χ0) is 11.4. The highest BCUT2D eigenvalue weighted by Crippen LogP contribution is 2.25. The molecule has 0 aromatic heterocycles. The topological polar surface area (TPSA) is 0 Å². The first-order chi connectivity index (χ1) is 7.04. The van der Waals surface area contributed by atoms with E-state index in [0.29, 0.717) is 5.92 Å². The molecule has 1 aromatic carbocycles. The van der Waals surface area contributed by atoms with Gasteiger partial charge in [-0.05, 0) is 43.0 Å². The quantitative estimate of drug-likeness (QED) is 0.701. The highest BCUT2D eigenvalue weighted by molar-refractivity contribution is 9.10. The van der Waals surface area contributed by atoms with Crippen molar-refractivity contribution in [2.45, 2.75) is 32.1 Å². The third-order valence-corrected chi connectivity index (χ3v) is 3.79. The number of hydrogen-bond donors (Lipinski definition) is 0. The van der Waals surface area contributed by atoms with Crippen LogP contribution in [0.15, 0.2) is 22.7 Å². The van der Waals surface area contributed by atoms with Crippen molar-refractivity contribution in [2.75, 3.05) is 0 Å². The molecule has 0 nitrogen and oxygen atoms in total. The lowest BCUT2D eigenvalue weighted by molar-refractivity contribution is 0.495. The number of alkyl halides is 1. The van der Waals surface area contributed by atoms with Crippen molar-refractivity contribution >= 4 is 27.5 Å². The maximum absolute atomic E-state index is 13.0. The van der Waals surface area contributed by atoms with Crippen LogP contribution >= 0.6 is 27.5 Å². The number of hydrogen-bond acceptors (Lipinski definition) is 0. The Bertz CT molecular complexity index is 325. The van der Waals surface area contributed by atoms with Gasteiger partial charge in [0, 0.05) is 9.85 Å². The minimum absolute atomic E-state index is 0.116. The van der Waals surface area contributed by atoms with Crippen LogP contribution in [0.1, 0.15) is 25.8 Å². The Kier molecular flexibility index (Phi) is 5.07. The first kappa shape index (κ1) is 13.0. The van der Waals surface area contributed by atoms with E-state index in [1.165, 1.54) is 6.07 Å². The average Bonchev–Trinajstić information content (AvgIpc) is 2.18. The van der Waals surface area contributed by atoms with Crippen LogP contribution in [-0.4, -0.2) is 5.38 Å². The van der Waals surface area contributed by atoms with Crippen LogP contribution in [0, 0.1) is 11.7 Å². The molecule has 0 heterocycles. The molecule has 0 N–H and O–H groups in total. The average molecular weight is 294 g/mol. The van der Waals surface area contributed by atoms with E-state index in [4.69, 9.17) is 11.6 Å². The molecular formula is C12H15BrClF. The SMILES string of the molecule is CCC(Cc1cc(F)ccc1Br)C(C)Cl. The molecule has 2 unspecified atom stereocenters. The lowest BCUT2D eigenvalue weighted by Crippen LogP contribution is -2.13. The van der Waals surface area contributed by atoms with E-state index >= 15 is 0 Å². The molecule has 2 atom stereocenters. The van der Waals surface area contributed by atoms with Crippen molar-refractivity contribution in [3.63, 3.8) is 0 Å². The van der Waals surface area contributed by atoms with Crippen molar-refractivity contribution in [3.8, 4) is 0 Å². The summed E-state index contributed by atoms with van der Waals surface area (Å²) in [4.78, 5) is 0. The van der Waals surface area contributed by atoms with Crippen LogP contribution in [-0.2, 0) is 6.42 Å². The molecule has 3 heteroatoms. The molecule has 1 aromatic rings. The summed E-state index contributed by atoms with van der Waals surface area (Å²) in [5.74, 6) is 0.204. The maximum atomic E-state index is 13.0. The smallest absolute Gasteiger partial charge is 0.123 e. The Hall–Kier alpha value is -0.0800. The summed E-state index contributed by atoms with van der Waals surface area (Å²) in [6.45, 7) is 4.10. The molecule has 15 heavy (non-hydrogen) atoms. The first-order valence-electron chi connectivity index (χ1n) is 5.12. The van der Waals surface area contributed by atoms with Crippen LogP contribution < -0.4 is 0 Å². The van der Waals surface area contributed by atoms with Crippen molar-refractivity contribution in [3.05, 3.63) is 34.1 Å². The second-order valence-electron chi connectivity index (χ2n) is 3.79. The van der Waals surface area contributed by atoms with Crippen molar-refractivity contribution in [1.82, 2.24) is 0 Å². The van der Waals surface area contributed by atoms with Crippen LogP contribution in [0.25, 0.3) is 0 Å². The van der Waals surface area contributed by atoms with Crippen molar-refractivity contribution in [1.29, 1.82) is 0 Å². The molecular weight excluding hydrogens is 278 g/mol. The van der Waals surface area contributed by atoms with E-state index in [2.05, 4.69) is 22.9 Å². The second-order valence-corrected chi connectivity index (χ2v) is 5.33. The Balaban J connectivity index is 2.82. The van der Waals surface area contributed by atoms with Gasteiger partial charge in [-0.25, -0.2) is 4.39 Å². The Labute approximate surface area is 104 Å². The fraction of sp³-hybridized carbons (Fsp3) is 0.500. The molecule has 0 aliphatic heterocycles. The summed E-state index contributed by atoms with van der Waals surface area (Å²) in [6, 6.07) is 4.78. The van der Waals surface area contributed by atoms with Crippen LogP contribution in [0.3, 0.4) is 0 Å². The lowest BCUT2D eigenvalue weighted by atomic mass is 9.94. The van der Waals surface area contributed by atoms with Gasteiger partial charge in [0.15, 0.2) is 0 Å². The Morgan fingerprint density at radius 1 is 1.47 bits per heavy atom. The van der Waals surface area contributed by atoms with Gasteiger partial charge in [0.1, 0.15) is 5.82 Å². The summed E-state index contributed by atoms with van der Waals surface area (Å²) < 4.78 is 14.0. The zero-order valence-corrected chi connectivity index (χ0v) is 11.3. The molecule has 0 spiro atoms. The van der Waals surface area contributed by atoms with Gasteiger partial charge in [-0.15, -0.1) is 11.6 Å². The highest BCUT2D eigenvalue weighted by atomic mass is 79.9. The normalized spacial score (nSPS) is 15.0. The van der Waals surface area contributed by atoms with Crippen LogP contribution in [0.2, 0.25) is 0 Å². The predicted octanol–water partition coefficient (Wildman–Crippen LogP) is 4.78. The Morgan fingerprint density at radius 2 is 2.13 bits per heavy atom. The monoisotopic (exact) mass is 292 g/mol. The van der Waals surface area contributed by atoms with E-state index in [9.17, 15) is 4.39 Å². The van der Waals surface area contributed by atoms with Crippen LogP contribution in [0.5, 0.6) is 0 Å². The summed E-state index contributed by atoms with van der Waals surface area (Å²) in [5.41, 5.74) is 0.995. The molecule has 0 fully saturated rings. The van der Waals surface area contributed by atoms with Gasteiger partial charge in [0.05, 0.1) is 0 Å². The van der Waals surface area contributed by atoms with E-state index in [0.717, 1.165) is 22.9 Å². The molecule has 0 saturated carbocycles. The minimum atomic E-state index is -0.190. The Morgan fingerprint density at radius 3 is 2.67 bits per heavy atom. The van der Waals surface area contributed by atoms with Gasteiger partial charge in [0.2, 0.25) is 0 Å². The zero-order valence-electron chi connectivity index (χ0n) is 8.93. The van der Waals surface area contributed by atoms with Crippen molar-refractivity contribution < 1.29 is 4.39 Å². The van der Waals surface area contributed by atoms with E-state index in [-0.39, 0.29) is 11.2 Å². The molecule has 0 aliphatic carbocycles. The largest absolute Gasteiger partial charge is 0.207 e. The molecule has 0 bridgehead atoms. The number of benzene rings is 1. The van der Waals surface area contributed by atoms with E-state index in [1.54, 1.807) is 12.1 Å². The number of halogens is 3. The van der Waals surface area contributed by atoms with Gasteiger partial charge >= 0.3 is 0 Å². The first-order valence-corrected chi connectivity index (χ1v) is 6.35. The molecule has 0 radical (unpaired) electrons. The summed E-state index contributed by atoms with van der Waals surface area (Å²) >= 11 is 9.50. The van der Waals surface area contributed by atoms with Crippen LogP contribution in [0.4, 0.5) is 4.39 Å². The second kappa shape index (κ2) is 5.86. The third kappa shape index (κ3) is 3.76. The van der Waals surface area contributed by atoms with E-state index in [1.807, 2.05) is 6.92 Å². The van der Waals surface area contributed by atoms with Gasteiger partial charge in [-0.2, -0.15) is 0 Å². The molecule has 1 rings (SSSR count). The molecule has 0 amide bonds. The summed E-state index contributed by atoms with van der Waals surface area (Å²) in [5, 5.41) is 0.116. The summed E-state index contributed by atoms with van der Waals surface area (Å²) in [6.07, 6.45) is 1.83. The minimum Gasteiger partial charge on any atom is -0.207 e. The van der Waals surface area contributed by atoms with Gasteiger partial charge in [-0.3, -0.25) is 0 Å². The highest BCUT2D eigenvalue weighted by Gasteiger charge is 2.15. The molecule has 0 saturated heterocycles. The van der Waals surface area contributed by atoms with Gasteiger partial charge in [0.25, 0.3) is 0 Å². The third-order valence-electron chi connectivity index (χ3n) is 2.66. The molecule has 0 aliphatic rings. The lowest BCUT2D eigenvalue weighted by Gasteiger charge is -2.18. The summed E-state index contributed by atoms with van der Waals surface area (Å²) in [7, 11) is 0. The standard InChI is InChI=1S/C12H15BrClF/c1-3-9(8(2)14)6-10-7-11(15)4-5-12(10)13/h4-5,7-9H,3,6H2,1-2H3. The fourth-order valence-corrected chi connectivity index (χ4v) is 2.29. The maximum Gasteiger partial charge on any atom is 0.123 e.